The number of halogens is 3. The SMILES string of the molecule is COc1ccc(CCNC(=O)C(F)(F)C(O)C(NC(=O)Cn2c(-c3ccccc3Cl)ccc(NC(=O)OCc3ccccc3)c2=O)C(C)C)cc1. The monoisotopic (exact) mass is 724 g/mol. The van der Waals surface area contributed by atoms with E-state index >= 15 is 8.78 Å². The topological polar surface area (TPSA) is 148 Å². The van der Waals surface area contributed by atoms with Gasteiger partial charge in [-0.25, -0.2) is 4.79 Å². The van der Waals surface area contributed by atoms with E-state index in [1.807, 2.05) is 6.07 Å². The minimum absolute atomic E-state index is 0.0643. The molecule has 2 atom stereocenters. The molecule has 14 heteroatoms. The van der Waals surface area contributed by atoms with Gasteiger partial charge in [-0.2, -0.15) is 8.78 Å². The Kier molecular flexibility index (Phi) is 13.3. The van der Waals surface area contributed by atoms with Crippen molar-refractivity contribution in [1.29, 1.82) is 0 Å². The Morgan fingerprint density at radius 1 is 0.922 bits per heavy atom. The van der Waals surface area contributed by atoms with Crippen molar-refractivity contribution in [2.45, 2.75) is 51.5 Å². The van der Waals surface area contributed by atoms with Crippen LogP contribution in [-0.4, -0.2) is 59.3 Å². The number of anilines is 1. The lowest BCUT2D eigenvalue weighted by molar-refractivity contribution is -0.169. The molecule has 4 rings (SSSR count). The highest BCUT2D eigenvalue weighted by molar-refractivity contribution is 6.33. The summed E-state index contributed by atoms with van der Waals surface area (Å²) in [5, 5.41) is 17.9. The zero-order valence-corrected chi connectivity index (χ0v) is 29.0. The molecule has 1 heterocycles. The number of aromatic nitrogens is 1. The van der Waals surface area contributed by atoms with E-state index < -0.39 is 54.0 Å². The van der Waals surface area contributed by atoms with E-state index in [0.717, 1.165) is 10.1 Å². The number of ether oxygens (including phenoxy) is 2. The summed E-state index contributed by atoms with van der Waals surface area (Å²) >= 11 is 6.41. The Morgan fingerprint density at radius 2 is 1.59 bits per heavy atom. The maximum Gasteiger partial charge on any atom is 0.412 e. The van der Waals surface area contributed by atoms with Crippen LogP contribution in [-0.2, 0) is 33.9 Å². The van der Waals surface area contributed by atoms with Gasteiger partial charge in [-0.15, -0.1) is 0 Å². The van der Waals surface area contributed by atoms with E-state index in [9.17, 15) is 24.3 Å². The third-order valence-corrected chi connectivity index (χ3v) is 8.32. The molecule has 11 nitrogen and oxygen atoms in total. The van der Waals surface area contributed by atoms with Crippen LogP contribution in [0.1, 0.15) is 25.0 Å². The molecule has 1 aromatic heterocycles. The molecule has 0 aliphatic carbocycles. The number of aliphatic hydroxyl groups excluding tert-OH is 1. The summed E-state index contributed by atoms with van der Waals surface area (Å²) in [4.78, 5) is 52.3. The first-order chi connectivity index (χ1) is 24.3. The maximum absolute atomic E-state index is 15.3. The lowest BCUT2D eigenvalue weighted by Gasteiger charge is -2.32. The highest BCUT2D eigenvalue weighted by Gasteiger charge is 2.51. The van der Waals surface area contributed by atoms with Crippen molar-refractivity contribution in [2.24, 2.45) is 5.92 Å². The van der Waals surface area contributed by atoms with Gasteiger partial charge in [0.1, 0.15) is 30.7 Å². The number of methoxy groups -OCH3 is 1. The number of rotatable bonds is 15. The molecule has 0 bridgehead atoms. The fourth-order valence-electron chi connectivity index (χ4n) is 5.18. The number of nitrogens with one attached hydrogen (secondary N) is 3. The van der Waals surface area contributed by atoms with Gasteiger partial charge < -0.3 is 25.2 Å². The Labute approximate surface area is 298 Å². The van der Waals surface area contributed by atoms with Gasteiger partial charge in [-0.3, -0.25) is 24.3 Å². The largest absolute Gasteiger partial charge is 0.497 e. The second-order valence-electron chi connectivity index (χ2n) is 11.9. The average molecular weight is 725 g/mol. The second kappa shape index (κ2) is 17.6. The number of amides is 3. The van der Waals surface area contributed by atoms with Gasteiger partial charge in [0.15, 0.2) is 0 Å². The third-order valence-electron chi connectivity index (χ3n) is 7.99. The summed E-state index contributed by atoms with van der Waals surface area (Å²) in [6.07, 6.45) is -3.30. The zero-order chi connectivity index (χ0) is 37.1. The molecule has 3 aromatic carbocycles. The molecule has 4 N–H and O–H groups in total. The van der Waals surface area contributed by atoms with Crippen LogP contribution in [0, 0.1) is 5.92 Å². The van der Waals surface area contributed by atoms with Crippen LogP contribution in [0.25, 0.3) is 11.3 Å². The van der Waals surface area contributed by atoms with Crippen molar-refractivity contribution in [2.75, 3.05) is 19.0 Å². The van der Waals surface area contributed by atoms with Crippen LogP contribution in [0.15, 0.2) is 95.8 Å². The number of carbonyl (C=O) groups is 3. The molecule has 0 aliphatic heterocycles. The van der Waals surface area contributed by atoms with Crippen molar-refractivity contribution in [3.05, 3.63) is 117 Å². The predicted molar refractivity (Wildman–Crippen MR) is 189 cm³/mol. The predicted octanol–water partition coefficient (Wildman–Crippen LogP) is 5.42. The van der Waals surface area contributed by atoms with Crippen LogP contribution >= 0.6 is 11.6 Å². The van der Waals surface area contributed by atoms with Crippen molar-refractivity contribution >= 4 is 35.2 Å². The summed E-state index contributed by atoms with van der Waals surface area (Å²) in [7, 11) is 1.51. The smallest absolute Gasteiger partial charge is 0.412 e. The first-order valence-electron chi connectivity index (χ1n) is 16.0. The summed E-state index contributed by atoms with van der Waals surface area (Å²) in [5.41, 5.74) is 1.00. The lowest BCUT2D eigenvalue weighted by Crippen LogP contribution is -2.59. The minimum atomic E-state index is -4.29. The van der Waals surface area contributed by atoms with E-state index in [4.69, 9.17) is 21.1 Å². The molecule has 2 unspecified atom stereocenters. The Morgan fingerprint density at radius 3 is 2.24 bits per heavy atom. The fraction of sp³-hybridized carbons (Fsp3) is 0.297. The normalized spacial score (nSPS) is 12.5. The number of hydrogen-bond donors (Lipinski definition) is 4. The van der Waals surface area contributed by atoms with Gasteiger partial charge in [-0.05, 0) is 53.8 Å². The molecule has 0 saturated heterocycles. The summed E-state index contributed by atoms with van der Waals surface area (Å²) < 4.78 is 41.9. The second-order valence-corrected chi connectivity index (χ2v) is 12.4. The van der Waals surface area contributed by atoms with Crippen molar-refractivity contribution in [3.63, 3.8) is 0 Å². The Balaban J connectivity index is 1.50. The first-order valence-corrected chi connectivity index (χ1v) is 16.4. The standard InChI is InChI=1S/C37H39ClF2N4O7/c1-23(2)32(33(46)37(39,40)35(48)41-20-19-24-13-15-26(50-3)16-14-24)43-31(45)21-44-30(27-11-7-8-12-28(27)38)18-17-29(34(44)47)42-36(49)51-22-25-9-5-4-6-10-25/h4-18,23,32-33,46H,19-22H2,1-3H3,(H,41,48)(H,42,49)(H,43,45). The number of aliphatic hydroxyl groups is 1. The van der Waals surface area contributed by atoms with Crippen LogP contribution < -0.4 is 26.2 Å². The maximum atomic E-state index is 15.3. The molecule has 4 aromatic rings. The van der Waals surface area contributed by atoms with E-state index in [1.54, 1.807) is 72.8 Å². The van der Waals surface area contributed by atoms with Gasteiger partial charge >= 0.3 is 12.0 Å². The number of alkyl halides is 2. The molecule has 51 heavy (non-hydrogen) atoms. The molecule has 0 saturated carbocycles. The number of benzene rings is 3. The number of pyridine rings is 1. The first kappa shape index (κ1) is 38.5. The molecule has 3 amide bonds. The number of nitrogens with zero attached hydrogens (tertiary/aromatic N) is 1. The fourth-order valence-corrected chi connectivity index (χ4v) is 5.41. The molecular formula is C37H39ClF2N4O7. The van der Waals surface area contributed by atoms with Gasteiger partial charge in [-0.1, -0.05) is 86.1 Å². The highest BCUT2D eigenvalue weighted by atomic mass is 35.5. The minimum Gasteiger partial charge on any atom is -0.497 e. The lowest BCUT2D eigenvalue weighted by atomic mass is 9.93. The summed E-state index contributed by atoms with van der Waals surface area (Å²) in [6, 6.07) is 23.4. The summed E-state index contributed by atoms with van der Waals surface area (Å²) in [5.74, 6) is -7.07. The van der Waals surface area contributed by atoms with Gasteiger partial charge in [0.2, 0.25) is 5.91 Å². The van der Waals surface area contributed by atoms with E-state index in [-0.39, 0.29) is 36.0 Å². The van der Waals surface area contributed by atoms with Crippen molar-refractivity contribution < 1.29 is 37.7 Å². The molecule has 0 radical (unpaired) electrons. The van der Waals surface area contributed by atoms with E-state index in [1.165, 1.54) is 33.1 Å². The quantitative estimate of drug-likeness (QED) is 0.128. The van der Waals surface area contributed by atoms with Gasteiger partial charge in [0.05, 0.1) is 18.8 Å². The van der Waals surface area contributed by atoms with Crippen molar-refractivity contribution in [1.82, 2.24) is 15.2 Å². The van der Waals surface area contributed by atoms with Gasteiger partial charge in [0, 0.05) is 17.1 Å². The van der Waals surface area contributed by atoms with E-state index in [2.05, 4.69) is 16.0 Å². The van der Waals surface area contributed by atoms with Crippen LogP contribution in [0.4, 0.5) is 19.3 Å². The Bertz CT molecular complexity index is 1870. The van der Waals surface area contributed by atoms with Gasteiger partial charge in [0.25, 0.3) is 11.5 Å². The molecule has 0 spiro atoms. The third kappa shape index (κ3) is 10.1. The highest BCUT2D eigenvalue weighted by Crippen LogP contribution is 2.28. The summed E-state index contributed by atoms with van der Waals surface area (Å²) in [6.45, 7) is 2.05. The molecule has 270 valence electrons. The van der Waals surface area contributed by atoms with Crippen LogP contribution in [0.3, 0.4) is 0 Å². The Hall–Kier alpha value is -5.27. The van der Waals surface area contributed by atoms with Crippen LogP contribution in [0.5, 0.6) is 5.75 Å². The van der Waals surface area contributed by atoms with Crippen LogP contribution in [0.2, 0.25) is 5.02 Å². The number of carbonyl (C=O) groups excluding carboxylic acids is 3. The molecular weight excluding hydrogens is 686 g/mol. The van der Waals surface area contributed by atoms with E-state index in [0.29, 0.717) is 16.9 Å². The van der Waals surface area contributed by atoms with Crippen molar-refractivity contribution in [3.8, 4) is 17.0 Å². The number of hydrogen-bond acceptors (Lipinski definition) is 7. The average Bonchev–Trinajstić information content (AvgIpc) is 3.12. The zero-order valence-electron chi connectivity index (χ0n) is 28.2. The molecule has 0 aliphatic rings. The molecule has 0 fully saturated rings.